The summed E-state index contributed by atoms with van der Waals surface area (Å²) in [5.74, 6) is -1.19. The normalized spacial score (nSPS) is 15.4. The topological polar surface area (TPSA) is 95.9 Å². The standard InChI is InChI=1S/C22H24N2O5/c1-29-18-9-7-15(8-10-18)19(22(27)28)23-20(25)16-11-13-24(14-12-16)21(26)17-5-3-2-4-6-17/h2-10,16,19H,11-14H2,1H3,(H,23,25)(H,27,28). The molecule has 2 aromatic rings. The molecular weight excluding hydrogens is 372 g/mol. The van der Waals surface area contributed by atoms with Crippen LogP contribution in [-0.2, 0) is 9.59 Å². The Hall–Kier alpha value is -3.35. The molecule has 1 heterocycles. The molecule has 1 fully saturated rings. The van der Waals surface area contributed by atoms with E-state index in [-0.39, 0.29) is 17.7 Å². The Kier molecular flexibility index (Phi) is 6.49. The highest BCUT2D eigenvalue weighted by atomic mass is 16.5. The van der Waals surface area contributed by atoms with Gasteiger partial charge in [0, 0.05) is 24.6 Å². The van der Waals surface area contributed by atoms with Crippen LogP contribution in [0.4, 0.5) is 0 Å². The highest BCUT2D eigenvalue weighted by Gasteiger charge is 2.31. The summed E-state index contributed by atoms with van der Waals surface area (Å²) in [5, 5.41) is 12.2. The molecule has 2 amide bonds. The van der Waals surface area contributed by atoms with Gasteiger partial charge in [0.25, 0.3) is 5.91 Å². The van der Waals surface area contributed by atoms with Crippen molar-refractivity contribution in [2.45, 2.75) is 18.9 Å². The number of rotatable bonds is 6. The van der Waals surface area contributed by atoms with Crippen LogP contribution in [0.2, 0.25) is 0 Å². The van der Waals surface area contributed by atoms with Gasteiger partial charge in [-0.1, -0.05) is 30.3 Å². The molecular formula is C22H24N2O5. The molecule has 1 aliphatic rings. The quantitative estimate of drug-likeness (QED) is 0.782. The summed E-state index contributed by atoms with van der Waals surface area (Å²) in [6.45, 7) is 0.929. The van der Waals surface area contributed by atoms with Crippen LogP contribution in [0.5, 0.6) is 5.75 Å². The van der Waals surface area contributed by atoms with E-state index in [1.54, 1.807) is 41.3 Å². The Morgan fingerprint density at radius 2 is 1.66 bits per heavy atom. The van der Waals surface area contributed by atoms with Gasteiger partial charge in [-0.3, -0.25) is 9.59 Å². The number of hydrogen-bond acceptors (Lipinski definition) is 4. The molecule has 2 aromatic carbocycles. The fraction of sp³-hybridized carbons (Fsp3) is 0.318. The summed E-state index contributed by atoms with van der Waals surface area (Å²) in [6.07, 6.45) is 0.999. The van der Waals surface area contributed by atoms with Gasteiger partial charge in [-0.15, -0.1) is 0 Å². The third-order valence-electron chi connectivity index (χ3n) is 5.16. The lowest BCUT2D eigenvalue weighted by atomic mass is 9.94. The third-order valence-corrected chi connectivity index (χ3v) is 5.16. The molecule has 0 aromatic heterocycles. The predicted octanol–water partition coefficient (Wildman–Crippen LogP) is 2.49. The number of piperidine rings is 1. The van der Waals surface area contributed by atoms with E-state index in [1.807, 2.05) is 18.2 Å². The van der Waals surface area contributed by atoms with Gasteiger partial charge < -0.3 is 20.1 Å². The monoisotopic (exact) mass is 396 g/mol. The van der Waals surface area contributed by atoms with Crippen molar-refractivity contribution in [1.29, 1.82) is 0 Å². The van der Waals surface area contributed by atoms with E-state index in [0.29, 0.717) is 42.8 Å². The van der Waals surface area contributed by atoms with Crippen LogP contribution < -0.4 is 10.1 Å². The number of likely N-dealkylation sites (tertiary alicyclic amines) is 1. The number of carboxylic acid groups (broad SMARTS) is 1. The number of methoxy groups -OCH3 is 1. The van der Waals surface area contributed by atoms with Crippen molar-refractivity contribution in [3.05, 3.63) is 65.7 Å². The van der Waals surface area contributed by atoms with Gasteiger partial charge in [0.05, 0.1) is 7.11 Å². The van der Waals surface area contributed by atoms with E-state index in [2.05, 4.69) is 5.32 Å². The number of carbonyl (C=O) groups excluding carboxylic acids is 2. The van der Waals surface area contributed by atoms with Crippen molar-refractivity contribution < 1.29 is 24.2 Å². The SMILES string of the molecule is COc1ccc(C(NC(=O)C2CCN(C(=O)c3ccccc3)CC2)C(=O)O)cc1. The first kappa shape index (κ1) is 20.4. The maximum absolute atomic E-state index is 12.7. The number of hydrogen-bond donors (Lipinski definition) is 2. The largest absolute Gasteiger partial charge is 0.497 e. The Balaban J connectivity index is 1.59. The Labute approximate surface area is 169 Å². The van der Waals surface area contributed by atoms with Crippen molar-refractivity contribution in [2.75, 3.05) is 20.2 Å². The number of amides is 2. The highest BCUT2D eigenvalue weighted by Crippen LogP contribution is 2.22. The minimum Gasteiger partial charge on any atom is -0.497 e. The molecule has 152 valence electrons. The smallest absolute Gasteiger partial charge is 0.330 e. The van der Waals surface area contributed by atoms with E-state index < -0.39 is 12.0 Å². The average molecular weight is 396 g/mol. The van der Waals surface area contributed by atoms with Crippen LogP contribution in [0, 0.1) is 5.92 Å². The Bertz CT molecular complexity index is 859. The van der Waals surface area contributed by atoms with Crippen LogP contribution in [0.1, 0.15) is 34.8 Å². The summed E-state index contributed by atoms with van der Waals surface area (Å²) in [5.41, 5.74) is 1.10. The van der Waals surface area contributed by atoms with E-state index in [4.69, 9.17) is 4.74 Å². The lowest BCUT2D eigenvalue weighted by molar-refractivity contribution is -0.143. The predicted molar refractivity (Wildman–Crippen MR) is 107 cm³/mol. The average Bonchev–Trinajstić information content (AvgIpc) is 2.77. The van der Waals surface area contributed by atoms with Crippen LogP contribution in [-0.4, -0.2) is 48.0 Å². The van der Waals surface area contributed by atoms with E-state index in [1.165, 1.54) is 7.11 Å². The maximum atomic E-state index is 12.7. The van der Waals surface area contributed by atoms with Crippen molar-refractivity contribution in [3.8, 4) is 5.75 Å². The summed E-state index contributed by atoms with van der Waals surface area (Å²) < 4.78 is 5.08. The number of aliphatic carboxylic acids is 1. The van der Waals surface area contributed by atoms with Crippen LogP contribution in [0.25, 0.3) is 0 Å². The molecule has 1 unspecified atom stereocenters. The molecule has 0 spiro atoms. The molecule has 7 nitrogen and oxygen atoms in total. The first-order chi connectivity index (χ1) is 14.0. The maximum Gasteiger partial charge on any atom is 0.330 e. The highest BCUT2D eigenvalue weighted by molar-refractivity contribution is 5.94. The number of ether oxygens (including phenoxy) is 1. The number of carboxylic acids is 1. The van der Waals surface area contributed by atoms with Crippen LogP contribution in [0.3, 0.4) is 0 Å². The van der Waals surface area contributed by atoms with E-state index in [0.717, 1.165) is 0 Å². The molecule has 2 N–H and O–H groups in total. The molecule has 0 saturated carbocycles. The lowest BCUT2D eigenvalue weighted by Crippen LogP contribution is -2.44. The van der Waals surface area contributed by atoms with Gasteiger partial charge in [0.1, 0.15) is 5.75 Å². The fourth-order valence-corrected chi connectivity index (χ4v) is 3.45. The molecule has 1 saturated heterocycles. The number of carbonyl (C=O) groups is 3. The van der Waals surface area contributed by atoms with Crippen LogP contribution in [0.15, 0.2) is 54.6 Å². The second-order valence-corrected chi connectivity index (χ2v) is 6.99. The second-order valence-electron chi connectivity index (χ2n) is 6.99. The first-order valence-corrected chi connectivity index (χ1v) is 9.51. The van der Waals surface area contributed by atoms with Gasteiger partial charge in [0.2, 0.25) is 5.91 Å². The van der Waals surface area contributed by atoms with Crippen LogP contribution >= 0.6 is 0 Å². The molecule has 0 radical (unpaired) electrons. The molecule has 29 heavy (non-hydrogen) atoms. The third kappa shape index (κ3) is 4.93. The second kappa shape index (κ2) is 9.23. The fourth-order valence-electron chi connectivity index (χ4n) is 3.45. The minimum absolute atomic E-state index is 0.0499. The van der Waals surface area contributed by atoms with E-state index >= 15 is 0 Å². The molecule has 7 heteroatoms. The number of nitrogens with zero attached hydrogens (tertiary/aromatic N) is 1. The summed E-state index contributed by atoms with van der Waals surface area (Å²) in [7, 11) is 1.53. The molecule has 1 atom stereocenters. The zero-order chi connectivity index (χ0) is 20.8. The molecule has 0 bridgehead atoms. The molecule has 3 rings (SSSR count). The van der Waals surface area contributed by atoms with Crippen molar-refractivity contribution in [2.24, 2.45) is 5.92 Å². The van der Waals surface area contributed by atoms with Crippen molar-refractivity contribution >= 4 is 17.8 Å². The molecule has 0 aliphatic carbocycles. The zero-order valence-electron chi connectivity index (χ0n) is 16.2. The zero-order valence-corrected chi connectivity index (χ0v) is 16.2. The summed E-state index contributed by atoms with van der Waals surface area (Å²) in [6, 6.07) is 14.5. The number of benzene rings is 2. The van der Waals surface area contributed by atoms with Crippen molar-refractivity contribution in [3.63, 3.8) is 0 Å². The summed E-state index contributed by atoms with van der Waals surface area (Å²) >= 11 is 0. The summed E-state index contributed by atoms with van der Waals surface area (Å²) in [4.78, 5) is 38.6. The van der Waals surface area contributed by atoms with Crippen molar-refractivity contribution in [1.82, 2.24) is 10.2 Å². The van der Waals surface area contributed by atoms with Gasteiger partial charge in [-0.05, 0) is 42.7 Å². The Morgan fingerprint density at radius 1 is 1.03 bits per heavy atom. The number of nitrogens with one attached hydrogen (secondary N) is 1. The van der Waals surface area contributed by atoms with E-state index in [9.17, 15) is 19.5 Å². The Morgan fingerprint density at radius 3 is 2.21 bits per heavy atom. The van der Waals surface area contributed by atoms with Gasteiger partial charge in [-0.2, -0.15) is 0 Å². The first-order valence-electron chi connectivity index (χ1n) is 9.51. The lowest BCUT2D eigenvalue weighted by Gasteiger charge is -2.32. The van der Waals surface area contributed by atoms with Gasteiger partial charge >= 0.3 is 5.97 Å². The minimum atomic E-state index is -1.13. The van der Waals surface area contributed by atoms with Gasteiger partial charge in [-0.25, -0.2) is 4.79 Å². The van der Waals surface area contributed by atoms with Gasteiger partial charge in [0.15, 0.2) is 6.04 Å². The molecule has 1 aliphatic heterocycles.